The topological polar surface area (TPSA) is 38.0 Å². The maximum absolute atomic E-state index is 6.30. The van der Waals surface area contributed by atoms with Crippen molar-refractivity contribution in [1.29, 1.82) is 0 Å². The Labute approximate surface area is 109 Å². The molecule has 0 spiro atoms. The first-order chi connectivity index (χ1) is 8.06. The molecule has 0 amide bonds. The van der Waals surface area contributed by atoms with Crippen LogP contribution in [0.1, 0.15) is 36.8 Å². The van der Waals surface area contributed by atoms with Gasteiger partial charge >= 0.3 is 0 Å². The maximum atomic E-state index is 6.30. The van der Waals surface area contributed by atoms with E-state index in [-0.39, 0.29) is 0 Å². The van der Waals surface area contributed by atoms with Gasteiger partial charge in [-0.25, -0.2) is 0 Å². The molecule has 0 atom stereocenters. The summed E-state index contributed by atoms with van der Waals surface area (Å²) in [7, 11) is 0. The zero-order valence-electron chi connectivity index (χ0n) is 10.6. The molecule has 1 aliphatic rings. The third kappa shape index (κ3) is 3.14. The van der Waals surface area contributed by atoms with E-state index in [2.05, 4.69) is 25.2 Å². The van der Waals surface area contributed by atoms with Crippen LogP contribution >= 0.6 is 11.6 Å². The van der Waals surface area contributed by atoms with Gasteiger partial charge in [-0.1, -0.05) is 17.7 Å². The second kappa shape index (κ2) is 5.28. The highest BCUT2D eigenvalue weighted by Gasteiger charge is 2.19. The molecule has 17 heavy (non-hydrogen) atoms. The Hall–Kier alpha value is -0.730. The molecule has 0 aromatic heterocycles. The molecule has 2 rings (SSSR count). The van der Waals surface area contributed by atoms with Crippen LogP contribution in [0.15, 0.2) is 12.1 Å². The van der Waals surface area contributed by atoms with Crippen LogP contribution in [0.3, 0.4) is 0 Å². The van der Waals surface area contributed by atoms with Crippen LogP contribution in [-0.2, 0) is 0 Å². The molecule has 0 heterocycles. The minimum absolute atomic E-state index is 0.391. The van der Waals surface area contributed by atoms with E-state index in [1.54, 1.807) is 0 Å². The fraction of sp³-hybridized carbons (Fsp3) is 0.571. The summed E-state index contributed by atoms with van der Waals surface area (Å²) < 4.78 is 0. The van der Waals surface area contributed by atoms with Crippen molar-refractivity contribution in [3.8, 4) is 0 Å². The highest BCUT2D eigenvalue weighted by atomic mass is 35.5. The molecule has 3 heteroatoms. The van der Waals surface area contributed by atoms with Gasteiger partial charge < -0.3 is 11.1 Å². The van der Waals surface area contributed by atoms with Gasteiger partial charge in [-0.3, -0.25) is 0 Å². The number of hydrogen-bond acceptors (Lipinski definition) is 2. The summed E-state index contributed by atoms with van der Waals surface area (Å²) in [4.78, 5) is 0. The highest BCUT2D eigenvalue weighted by Crippen LogP contribution is 2.30. The molecule has 0 aliphatic heterocycles. The Bertz CT molecular complexity index is 372. The lowest BCUT2D eigenvalue weighted by Crippen LogP contribution is -2.33. The van der Waals surface area contributed by atoms with Crippen molar-refractivity contribution in [3.05, 3.63) is 28.3 Å². The van der Waals surface area contributed by atoms with E-state index in [0.29, 0.717) is 12.1 Å². The molecule has 94 valence electrons. The molecule has 1 aliphatic carbocycles. The number of nitrogens with one attached hydrogen (secondary N) is 1. The number of anilines is 1. The molecule has 0 radical (unpaired) electrons. The number of benzene rings is 1. The van der Waals surface area contributed by atoms with Crippen molar-refractivity contribution in [2.24, 2.45) is 5.73 Å². The average Bonchev–Trinajstić information content (AvgIpc) is 2.26. The highest BCUT2D eigenvalue weighted by molar-refractivity contribution is 6.33. The third-order valence-electron chi connectivity index (χ3n) is 3.55. The zero-order chi connectivity index (χ0) is 12.4. The van der Waals surface area contributed by atoms with Gasteiger partial charge in [0.15, 0.2) is 0 Å². The van der Waals surface area contributed by atoms with Crippen LogP contribution in [-0.4, -0.2) is 12.1 Å². The van der Waals surface area contributed by atoms with Crippen molar-refractivity contribution < 1.29 is 0 Å². The molecule has 3 N–H and O–H groups in total. The number of hydrogen-bond donors (Lipinski definition) is 2. The summed E-state index contributed by atoms with van der Waals surface area (Å²) in [5.41, 5.74) is 9.45. The van der Waals surface area contributed by atoms with E-state index in [4.69, 9.17) is 17.3 Å². The molecular formula is C14H21ClN2. The Kier molecular flexibility index (Phi) is 3.95. The van der Waals surface area contributed by atoms with Crippen molar-refractivity contribution in [2.45, 2.75) is 51.6 Å². The summed E-state index contributed by atoms with van der Waals surface area (Å²) in [6.07, 6.45) is 4.51. The first-order valence-electron chi connectivity index (χ1n) is 6.35. The normalized spacial score (nSPS) is 24.7. The van der Waals surface area contributed by atoms with Gasteiger partial charge in [0.1, 0.15) is 0 Å². The third-order valence-corrected chi connectivity index (χ3v) is 3.85. The molecule has 1 fully saturated rings. The largest absolute Gasteiger partial charge is 0.381 e. The van der Waals surface area contributed by atoms with Crippen LogP contribution in [0, 0.1) is 13.8 Å². The molecule has 0 saturated heterocycles. The van der Waals surface area contributed by atoms with E-state index in [9.17, 15) is 0 Å². The fourth-order valence-electron chi connectivity index (χ4n) is 2.57. The van der Waals surface area contributed by atoms with Gasteiger partial charge in [-0.2, -0.15) is 0 Å². The van der Waals surface area contributed by atoms with Crippen LogP contribution in [0.5, 0.6) is 0 Å². The summed E-state index contributed by atoms with van der Waals surface area (Å²) >= 11 is 6.30. The zero-order valence-corrected chi connectivity index (χ0v) is 11.3. The molecule has 1 saturated carbocycles. The van der Waals surface area contributed by atoms with Crippen LogP contribution in [0.25, 0.3) is 0 Å². The lowest BCUT2D eigenvalue weighted by atomic mass is 9.91. The van der Waals surface area contributed by atoms with Crippen LogP contribution in [0.2, 0.25) is 5.02 Å². The Morgan fingerprint density at radius 1 is 1.18 bits per heavy atom. The van der Waals surface area contributed by atoms with Gasteiger partial charge in [0, 0.05) is 12.1 Å². The van der Waals surface area contributed by atoms with E-state index in [1.807, 2.05) is 6.07 Å². The summed E-state index contributed by atoms with van der Waals surface area (Å²) in [6.45, 7) is 4.18. The number of aryl methyl sites for hydroxylation is 2. The smallest absolute Gasteiger partial charge is 0.0642 e. The van der Waals surface area contributed by atoms with Crippen molar-refractivity contribution in [2.75, 3.05) is 5.32 Å². The van der Waals surface area contributed by atoms with Crippen molar-refractivity contribution in [3.63, 3.8) is 0 Å². The quantitative estimate of drug-likeness (QED) is 0.844. The molecule has 0 bridgehead atoms. The SMILES string of the molecule is Cc1cc(C)c(NC2CCC(N)CC2)c(Cl)c1. The van der Waals surface area contributed by atoms with Crippen molar-refractivity contribution in [1.82, 2.24) is 0 Å². The van der Waals surface area contributed by atoms with Gasteiger partial charge in [-0.05, 0) is 56.7 Å². The Balaban J connectivity index is 2.08. The lowest BCUT2D eigenvalue weighted by Gasteiger charge is -2.28. The minimum atomic E-state index is 0.391. The number of nitrogens with two attached hydrogens (primary N) is 1. The van der Waals surface area contributed by atoms with Crippen LogP contribution < -0.4 is 11.1 Å². The average molecular weight is 253 g/mol. The summed E-state index contributed by atoms with van der Waals surface area (Å²) in [6, 6.07) is 5.10. The second-order valence-electron chi connectivity index (χ2n) is 5.19. The summed E-state index contributed by atoms with van der Waals surface area (Å²) in [5, 5.41) is 4.41. The van der Waals surface area contributed by atoms with E-state index < -0.39 is 0 Å². The lowest BCUT2D eigenvalue weighted by molar-refractivity contribution is 0.411. The first-order valence-corrected chi connectivity index (χ1v) is 6.73. The van der Waals surface area contributed by atoms with Crippen LogP contribution in [0.4, 0.5) is 5.69 Å². The monoisotopic (exact) mass is 252 g/mol. The number of rotatable bonds is 2. The van der Waals surface area contributed by atoms with E-state index in [0.717, 1.165) is 36.4 Å². The summed E-state index contributed by atoms with van der Waals surface area (Å²) in [5.74, 6) is 0. The van der Waals surface area contributed by atoms with Gasteiger partial charge in [0.05, 0.1) is 10.7 Å². The molecule has 2 nitrogen and oxygen atoms in total. The van der Waals surface area contributed by atoms with E-state index in [1.165, 1.54) is 11.1 Å². The number of halogens is 1. The molecule has 0 unspecified atom stereocenters. The second-order valence-corrected chi connectivity index (χ2v) is 5.60. The molecule has 1 aromatic rings. The van der Waals surface area contributed by atoms with Gasteiger partial charge in [0.2, 0.25) is 0 Å². The standard InChI is InChI=1S/C14H21ClN2/c1-9-7-10(2)14(13(15)8-9)17-12-5-3-11(16)4-6-12/h7-8,11-12,17H,3-6,16H2,1-2H3. The maximum Gasteiger partial charge on any atom is 0.0642 e. The Morgan fingerprint density at radius 2 is 1.82 bits per heavy atom. The predicted molar refractivity (Wildman–Crippen MR) is 74.8 cm³/mol. The van der Waals surface area contributed by atoms with Crippen molar-refractivity contribution >= 4 is 17.3 Å². The minimum Gasteiger partial charge on any atom is -0.381 e. The molecular weight excluding hydrogens is 232 g/mol. The molecule has 1 aromatic carbocycles. The van der Waals surface area contributed by atoms with Gasteiger partial charge in [-0.15, -0.1) is 0 Å². The van der Waals surface area contributed by atoms with Gasteiger partial charge in [0.25, 0.3) is 0 Å². The predicted octanol–water partition coefficient (Wildman–Crippen LogP) is 3.64. The van der Waals surface area contributed by atoms with E-state index >= 15 is 0 Å². The fourth-order valence-corrected chi connectivity index (χ4v) is 2.94. The Morgan fingerprint density at radius 3 is 2.41 bits per heavy atom. The first kappa shape index (κ1) is 12.7.